The number of rotatable bonds is 2. The number of nitrogens with two attached hydrogens (primary N) is 2. The number of carbonyl (C=O) groups is 1. The number of aromatic amines is 1. The van der Waals surface area contributed by atoms with Gasteiger partial charge in [-0.3, -0.25) is 4.79 Å². The molecular formula is C14H14N4O. The number of nitrogens with one attached hydrogen (secondary N) is 2. The molecule has 1 aromatic heterocycles. The van der Waals surface area contributed by atoms with Gasteiger partial charge in [0.05, 0.1) is 5.57 Å². The molecule has 19 heavy (non-hydrogen) atoms. The zero-order valence-electron chi connectivity index (χ0n) is 10.2. The van der Waals surface area contributed by atoms with Crippen LogP contribution in [0.3, 0.4) is 0 Å². The van der Waals surface area contributed by atoms with Crippen molar-refractivity contribution >= 4 is 28.9 Å². The number of anilines is 2. The Labute approximate surface area is 110 Å². The maximum Gasteiger partial charge on any atom is 0.256 e. The molecule has 1 aliphatic heterocycles. The van der Waals surface area contributed by atoms with Gasteiger partial charge in [0.1, 0.15) is 0 Å². The molecule has 5 nitrogen and oxygen atoms in total. The predicted octanol–water partition coefficient (Wildman–Crippen LogP) is 1.55. The summed E-state index contributed by atoms with van der Waals surface area (Å²) in [4.78, 5) is 15.0. The highest BCUT2D eigenvalue weighted by molar-refractivity contribution is 6.35. The summed E-state index contributed by atoms with van der Waals surface area (Å²) in [6.45, 7) is 0.468. The number of nitrogen functional groups attached to an aromatic ring is 1. The molecule has 0 spiro atoms. The van der Waals surface area contributed by atoms with Crippen LogP contribution in [0.4, 0.5) is 11.4 Å². The minimum Gasteiger partial charge on any atom is -0.399 e. The molecule has 2 heterocycles. The first kappa shape index (κ1) is 11.6. The standard InChI is InChI=1S/C14H14N4O/c15-6-8-3-10(17-7-8)5-12-11-4-9(16)1-2-13(11)18-14(12)19/h1-5,7,17H,6,15-16H2,(H,18,19)/b12-5-. The maximum absolute atomic E-state index is 12.0. The minimum atomic E-state index is -0.121. The van der Waals surface area contributed by atoms with E-state index in [-0.39, 0.29) is 5.91 Å². The molecule has 6 N–H and O–H groups in total. The summed E-state index contributed by atoms with van der Waals surface area (Å²) >= 11 is 0. The number of hydrogen-bond acceptors (Lipinski definition) is 3. The normalized spacial score (nSPS) is 15.6. The highest BCUT2D eigenvalue weighted by Crippen LogP contribution is 2.34. The average Bonchev–Trinajstić information content (AvgIpc) is 2.96. The molecule has 0 saturated heterocycles. The second-order valence-electron chi connectivity index (χ2n) is 4.48. The van der Waals surface area contributed by atoms with Gasteiger partial charge in [0.2, 0.25) is 0 Å². The molecule has 0 unspecified atom stereocenters. The lowest BCUT2D eigenvalue weighted by atomic mass is 10.1. The summed E-state index contributed by atoms with van der Waals surface area (Å²) in [6.07, 6.45) is 3.64. The van der Waals surface area contributed by atoms with Crippen molar-refractivity contribution in [1.82, 2.24) is 4.98 Å². The molecular weight excluding hydrogens is 240 g/mol. The lowest BCUT2D eigenvalue weighted by molar-refractivity contribution is -0.110. The van der Waals surface area contributed by atoms with Crippen LogP contribution in [0.5, 0.6) is 0 Å². The first-order valence-corrected chi connectivity index (χ1v) is 5.97. The Bertz CT molecular complexity index is 685. The van der Waals surface area contributed by atoms with Crippen molar-refractivity contribution in [3.05, 3.63) is 47.3 Å². The van der Waals surface area contributed by atoms with Crippen LogP contribution in [-0.2, 0) is 11.3 Å². The minimum absolute atomic E-state index is 0.121. The lowest BCUT2D eigenvalue weighted by Crippen LogP contribution is -2.03. The first-order chi connectivity index (χ1) is 9.17. The Hall–Kier alpha value is -2.53. The highest BCUT2D eigenvalue weighted by Gasteiger charge is 2.24. The summed E-state index contributed by atoms with van der Waals surface area (Å²) < 4.78 is 0. The van der Waals surface area contributed by atoms with E-state index in [9.17, 15) is 4.79 Å². The van der Waals surface area contributed by atoms with Crippen LogP contribution in [0.1, 0.15) is 16.8 Å². The smallest absolute Gasteiger partial charge is 0.256 e. The van der Waals surface area contributed by atoms with E-state index in [1.807, 2.05) is 18.3 Å². The lowest BCUT2D eigenvalue weighted by Gasteiger charge is -1.99. The monoisotopic (exact) mass is 254 g/mol. The predicted molar refractivity (Wildman–Crippen MR) is 76.0 cm³/mol. The number of aromatic nitrogens is 1. The number of benzene rings is 1. The van der Waals surface area contributed by atoms with Gasteiger partial charge in [0.15, 0.2) is 0 Å². The Morgan fingerprint density at radius 2 is 2.11 bits per heavy atom. The third-order valence-electron chi connectivity index (χ3n) is 3.13. The van der Waals surface area contributed by atoms with Crippen LogP contribution < -0.4 is 16.8 Å². The Morgan fingerprint density at radius 3 is 2.84 bits per heavy atom. The first-order valence-electron chi connectivity index (χ1n) is 5.97. The number of H-pyrrole nitrogens is 1. The molecule has 1 amide bonds. The number of amides is 1. The molecule has 0 radical (unpaired) electrons. The van der Waals surface area contributed by atoms with E-state index < -0.39 is 0 Å². The van der Waals surface area contributed by atoms with Crippen molar-refractivity contribution in [2.24, 2.45) is 5.73 Å². The molecule has 5 heteroatoms. The quantitative estimate of drug-likeness (QED) is 0.483. The van der Waals surface area contributed by atoms with E-state index in [1.54, 1.807) is 18.2 Å². The largest absolute Gasteiger partial charge is 0.399 e. The molecule has 0 atom stereocenters. The summed E-state index contributed by atoms with van der Waals surface area (Å²) in [6, 6.07) is 7.29. The summed E-state index contributed by atoms with van der Waals surface area (Å²) in [5.41, 5.74) is 16.0. The van der Waals surface area contributed by atoms with Crippen molar-refractivity contribution < 1.29 is 4.79 Å². The van der Waals surface area contributed by atoms with Crippen LogP contribution in [0.25, 0.3) is 11.6 Å². The van der Waals surface area contributed by atoms with Crippen LogP contribution in [0.15, 0.2) is 30.5 Å². The number of carbonyl (C=O) groups excluding carboxylic acids is 1. The van der Waals surface area contributed by atoms with Crippen molar-refractivity contribution in [2.75, 3.05) is 11.1 Å². The highest BCUT2D eigenvalue weighted by atomic mass is 16.2. The fourth-order valence-corrected chi connectivity index (χ4v) is 2.16. The fourth-order valence-electron chi connectivity index (χ4n) is 2.16. The van der Waals surface area contributed by atoms with Gasteiger partial charge in [0.25, 0.3) is 5.91 Å². The molecule has 0 saturated carbocycles. The molecule has 1 aliphatic rings. The summed E-state index contributed by atoms with van der Waals surface area (Å²) in [5, 5.41) is 2.81. The van der Waals surface area contributed by atoms with E-state index >= 15 is 0 Å². The van der Waals surface area contributed by atoms with E-state index in [0.29, 0.717) is 17.8 Å². The van der Waals surface area contributed by atoms with Gasteiger partial charge < -0.3 is 21.8 Å². The van der Waals surface area contributed by atoms with Crippen LogP contribution >= 0.6 is 0 Å². The molecule has 0 bridgehead atoms. The molecule has 96 valence electrons. The van der Waals surface area contributed by atoms with Crippen LogP contribution in [0.2, 0.25) is 0 Å². The topological polar surface area (TPSA) is 96.9 Å². The molecule has 2 aromatic rings. The van der Waals surface area contributed by atoms with Gasteiger partial charge in [-0.05, 0) is 35.9 Å². The van der Waals surface area contributed by atoms with Gasteiger partial charge in [-0.25, -0.2) is 0 Å². The molecule has 0 fully saturated rings. The number of fused-ring (bicyclic) bond motifs is 1. The molecule has 0 aliphatic carbocycles. The third-order valence-corrected chi connectivity index (χ3v) is 3.13. The van der Waals surface area contributed by atoms with Crippen molar-refractivity contribution in [2.45, 2.75) is 6.54 Å². The van der Waals surface area contributed by atoms with Crippen LogP contribution in [0, 0.1) is 0 Å². The second-order valence-corrected chi connectivity index (χ2v) is 4.48. The summed E-state index contributed by atoms with van der Waals surface area (Å²) in [5.74, 6) is -0.121. The van der Waals surface area contributed by atoms with Crippen molar-refractivity contribution in [3.8, 4) is 0 Å². The van der Waals surface area contributed by atoms with E-state index in [4.69, 9.17) is 11.5 Å². The van der Waals surface area contributed by atoms with Crippen LogP contribution in [-0.4, -0.2) is 10.9 Å². The Morgan fingerprint density at radius 1 is 1.26 bits per heavy atom. The van der Waals surface area contributed by atoms with E-state index in [1.165, 1.54) is 0 Å². The van der Waals surface area contributed by atoms with E-state index in [0.717, 1.165) is 22.5 Å². The van der Waals surface area contributed by atoms with Gasteiger partial charge in [0, 0.05) is 35.4 Å². The molecule has 3 rings (SSSR count). The van der Waals surface area contributed by atoms with Crippen molar-refractivity contribution in [3.63, 3.8) is 0 Å². The van der Waals surface area contributed by atoms with Gasteiger partial charge >= 0.3 is 0 Å². The zero-order valence-corrected chi connectivity index (χ0v) is 10.2. The van der Waals surface area contributed by atoms with E-state index in [2.05, 4.69) is 10.3 Å². The second kappa shape index (κ2) is 4.29. The van der Waals surface area contributed by atoms with Gasteiger partial charge in [-0.1, -0.05) is 0 Å². The Kier molecular flexibility index (Phi) is 2.61. The fraction of sp³-hybridized carbons (Fsp3) is 0.0714. The van der Waals surface area contributed by atoms with Gasteiger partial charge in [-0.2, -0.15) is 0 Å². The SMILES string of the molecule is NCc1c[nH]c(/C=C2\C(=O)Nc3ccc(N)cc32)c1. The molecule has 1 aromatic carbocycles. The number of hydrogen-bond donors (Lipinski definition) is 4. The third kappa shape index (κ3) is 2.00. The van der Waals surface area contributed by atoms with Gasteiger partial charge in [-0.15, -0.1) is 0 Å². The zero-order chi connectivity index (χ0) is 13.4. The average molecular weight is 254 g/mol. The Balaban J connectivity index is 2.06. The van der Waals surface area contributed by atoms with Crippen molar-refractivity contribution in [1.29, 1.82) is 0 Å². The maximum atomic E-state index is 12.0. The summed E-state index contributed by atoms with van der Waals surface area (Å²) in [7, 11) is 0.